The van der Waals surface area contributed by atoms with Crippen molar-refractivity contribution in [1.82, 2.24) is 4.90 Å². The van der Waals surface area contributed by atoms with Crippen molar-refractivity contribution in [3.8, 4) is 0 Å². The van der Waals surface area contributed by atoms with Gasteiger partial charge < -0.3 is 10.1 Å². The highest BCUT2D eigenvalue weighted by atomic mass is 35.5. The lowest BCUT2D eigenvalue weighted by atomic mass is 10.1. The molecule has 0 bridgehead atoms. The zero-order valence-corrected chi connectivity index (χ0v) is 13.6. The van der Waals surface area contributed by atoms with Gasteiger partial charge in [0.1, 0.15) is 6.04 Å². The number of hydrogen-bond donors (Lipinski definition) is 1. The highest BCUT2D eigenvalue weighted by Gasteiger charge is 2.35. The Morgan fingerprint density at radius 1 is 1.42 bits per heavy atom. The van der Waals surface area contributed by atoms with Gasteiger partial charge in [-0.05, 0) is 37.6 Å². The number of benzene rings is 1. The van der Waals surface area contributed by atoms with E-state index >= 15 is 0 Å². The van der Waals surface area contributed by atoms with Crippen LogP contribution in [0.1, 0.15) is 18.4 Å². The van der Waals surface area contributed by atoms with Gasteiger partial charge in [0.05, 0.1) is 24.9 Å². The van der Waals surface area contributed by atoms with E-state index in [1.54, 1.807) is 4.90 Å². The van der Waals surface area contributed by atoms with Gasteiger partial charge in [0.25, 0.3) is 0 Å². The maximum absolute atomic E-state index is 13.0. The van der Waals surface area contributed by atoms with Crippen LogP contribution in [0.4, 0.5) is 18.9 Å². The largest absolute Gasteiger partial charge is 0.468 e. The number of anilines is 1. The number of ether oxygens (including phenoxy) is 1. The number of hydrogen-bond acceptors (Lipinski definition) is 4. The number of nitrogens with zero attached hydrogens (tertiary/aromatic N) is 1. The van der Waals surface area contributed by atoms with Crippen LogP contribution in [0.5, 0.6) is 0 Å². The van der Waals surface area contributed by atoms with Crippen LogP contribution in [0.15, 0.2) is 18.2 Å². The summed E-state index contributed by atoms with van der Waals surface area (Å²) < 4.78 is 43.7. The fraction of sp³-hybridized carbons (Fsp3) is 0.467. The molecule has 1 N–H and O–H groups in total. The molecule has 1 heterocycles. The van der Waals surface area contributed by atoms with E-state index in [1.807, 2.05) is 0 Å². The number of carbonyl (C=O) groups is 2. The number of rotatable bonds is 4. The molecule has 5 nitrogen and oxygen atoms in total. The molecule has 132 valence electrons. The Balaban J connectivity index is 2.09. The summed E-state index contributed by atoms with van der Waals surface area (Å²) in [5.74, 6) is -1.10. The summed E-state index contributed by atoms with van der Waals surface area (Å²) in [6.45, 7) is 0.305. The molecule has 24 heavy (non-hydrogen) atoms. The molecule has 9 heteroatoms. The topological polar surface area (TPSA) is 58.6 Å². The Bertz CT molecular complexity index is 637. The summed E-state index contributed by atoms with van der Waals surface area (Å²) in [6, 6.07) is 2.57. The van der Waals surface area contributed by atoms with E-state index in [1.165, 1.54) is 13.2 Å². The first-order chi connectivity index (χ1) is 11.2. The molecule has 1 fully saturated rings. The lowest BCUT2D eigenvalue weighted by molar-refractivity contribution is -0.146. The van der Waals surface area contributed by atoms with Gasteiger partial charge in [0.15, 0.2) is 0 Å². The average Bonchev–Trinajstić information content (AvgIpc) is 2.95. The summed E-state index contributed by atoms with van der Waals surface area (Å²) in [7, 11) is 1.25. The van der Waals surface area contributed by atoms with Gasteiger partial charge >= 0.3 is 12.1 Å². The number of nitrogens with one attached hydrogen (secondary N) is 1. The van der Waals surface area contributed by atoms with E-state index in [0.717, 1.165) is 12.1 Å². The molecule has 1 amide bonds. The minimum atomic E-state index is -4.64. The Morgan fingerprint density at radius 2 is 2.12 bits per heavy atom. The monoisotopic (exact) mass is 364 g/mol. The lowest BCUT2D eigenvalue weighted by Gasteiger charge is -2.22. The maximum atomic E-state index is 13.0. The van der Waals surface area contributed by atoms with Crippen LogP contribution < -0.4 is 5.32 Å². The Kier molecular flexibility index (Phi) is 5.71. The summed E-state index contributed by atoms with van der Waals surface area (Å²) in [6.07, 6.45) is -3.38. The number of amides is 1. The molecular formula is C15H16ClF3N2O3. The fourth-order valence-electron chi connectivity index (χ4n) is 2.65. The van der Waals surface area contributed by atoms with Crippen LogP contribution in [-0.2, 0) is 20.5 Å². The van der Waals surface area contributed by atoms with E-state index in [4.69, 9.17) is 11.6 Å². The van der Waals surface area contributed by atoms with Gasteiger partial charge in [-0.3, -0.25) is 14.5 Å². The van der Waals surface area contributed by atoms with Crippen LogP contribution in [0, 0.1) is 0 Å². The summed E-state index contributed by atoms with van der Waals surface area (Å²) >= 11 is 5.59. The third-order valence-electron chi connectivity index (χ3n) is 3.74. The van der Waals surface area contributed by atoms with Crippen molar-refractivity contribution in [2.75, 3.05) is 25.5 Å². The lowest BCUT2D eigenvalue weighted by Crippen LogP contribution is -2.41. The summed E-state index contributed by atoms with van der Waals surface area (Å²) in [5.41, 5.74) is -1.39. The smallest absolute Gasteiger partial charge is 0.418 e. The van der Waals surface area contributed by atoms with Gasteiger partial charge in [0, 0.05) is 5.02 Å². The van der Waals surface area contributed by atoms with E-state index in [9.17, 15) is 22.8 Å². The molecule has 0 spiro atoms. The first kappa shape index (κ1) is 18.5. The molecular weight excluding hydrogens is 349 g/mol. The molecule has 1 saturated heterocycles. The predicted octanol–water partition coefficient (Wildman–Crippen LogP) is 2.93. The number of methoxy groups -OCH3 is 1. The van der Waals surface area contributed by atoms with Crippen molar-refractivity contribution in [2.45, 2.75) is 25.1 Å². The van der Waals surface area contributed by atoms with Crippen molar-refractivity contribution >= 4 is 29.2 Å². The number of likely N-dealkylation sites (tertiary alicyclic amines) is 1. The van der Waals surface area contributed by atoms with Crippen LogP contribution in [0.3, 0.4) is 0 Å². The van der Waals surface area contributed by atoms with E-state index < -0.39 is 29.7 Å². The van der Waals surface area contributed by atoms with Gasteiger partial charge in [-0.2, -0.15) is 13.2 Å². The molecule has 0 aliphatic carbocycles. The van der Waals surface area contributed by atoms with E-state index in [-0.39, 0.29) is 17.3 Å². The quantitative estimate of drug-likeness (QED) is 0.835. The zero-order chi connectivity index (χ0) is 17.9. The number of esters is 1. The second-order valence-electron chi connectivity index (χ2n) is 5.39. The highest BCUT2D eigenvalue weighted by Crippen LogP contribution is 2.36. The molecule has 2 rings (SSSR count). The predicted molar refractivity (Wildman–Crippen MR) is 81.7 cm³/mol. The third kappa shape index (κ3) is 4.39. The van der Waals surface area contributed by atoms with Crippen molar-refractivity contribution in [2.24, 2.45) is 0 Å². The fourth-order valence-corrected chi connectivity index (χ4v) is 2.82. The highest BCUT2D eigenvalue weighted by molar-refractivity contribution is 6.30. The average molecular weight is 365 g/mol. The third-order valence-corrected chi connectivity index (χ3v) is 3.98. The molecule has 1 unspecified atom stereocenters. The Labute approximate surface area is 141 Å². The SMILES string of the molecule is COC(=O)C1CCCN1CC(=O)Nc1ccc(Cl)cc1C(F)(F)F. The van der Waals surface area contributed by atoms with Gasteiger partial charge in [0.2, 0.25) is 5.91 Å². The molecule has 0 radical (unpaired) electrons. The van der Waals surface area contributed by atoms with Crippen molar-refractivity contribution in [3.63, 3.8) is 0 Å². The Morgan fingerprint density at radius 3 is 2.75 bits per heavy atom. The molecule has 1 aromatic rings. The zero-order valence-electron chi connectivity index (χ0n) is 12.8. The molecule has 1 aliphatic rings. The van der Waals surface area contributed by atoms with E-state index in [0.29, 0.717) is 19.4 Å². The van der Waals surface area contributed by atoms with Crippen molar-refractivity contribution in [3.05, 3.63) is 28.8 Å². The first-order valence-corrected chi connectivity index (χ1v) is 7.58. The molecule has 1 aromatic carbocycles. The number of alkyl halides is 3. The maximum Gasteiger partial charge on any atom is 0.418 e. The minimum Gasteiger partial charge on any atom is -0.468 e. The number of carbonyl (C=O) groups excluding carboxylic acids is 2. The molecule has 1 atom stereocenters. The minimum absolute atomic E-state index is 0.0781. The van der Waals surface area contributed by atoms with Crippen molar-refractivity contribution in [1.29, 1.82) is 0 Å². The van der Waals surface area contributed by atoms with Gasteiger partial charge in [-0.1, -0.05) is 11.6 Å². The van der Waals surface area contributed by atoms with Crippen LogP contribution in [0.25, 0.3) is 0 Å². The summed E-state index contributed by atoms with van der Waals surface area (Å²) in [4.78, 5) is 25.3. The van der Waals surface area contributed by atoms with Crippen LogP contribution >= 0.6 is 11.6 Å². The first-order valence-electron chi connectivity index (χ1n) is 7.21. The molecule has 1 aliphatic heterocycles. The number of halogens is 4. The standard InChI is InChI=1S/C15H16ClF3N2O3/c1-24-14(23)12-3-2-6-21(12)8-13(22)20-11-5-4-9(16)7-10(11)15(17,18)19/h4-5,7,12H,2-3,6,8H2,1H3,(H,20,22). The van der Waals surface area contributed by atoms with Crippen LogP contribution in [0.2, 0.25) is 5.02 Å². The molecule has 0 aromatic heterocycles. The van der Waals surface area contributed by atoms with Crippen molar-refractivity contribution < 1.29 is 27.5 Å². The van der Waals surface area contributed by atoms with E-state index in [2.05, 4.69) is 10.1 Å². The Hall–Kier alpha value is -1.80. The van der Waals surface area contributed by atoms with Gasteiger partial charge in [-0.15, -0.1) is 0 Å². The normalized spacial score (nSPS) is 18.5. The second-order valence-corrected chi connectivity index (χ2v) is 5.82. The second kappa shape index (κ2) is 7.40. The molecule has 0 saturated carbocycles. The van der Waals surface area contributed by atoms with Gasteiger partial charge in [-0.25, -0.2) is 0 Å². The summed E-state index contributed by atoms with van der Waals surface area (Å²) in [5, 5.41) is 2.16. The van der Waals surface area contributed by atoms with Crippen LogP contribution in [-0.4, -0.2) is 43.0 Å².